The Labute approximate surface area is 166 Å². The fourth-order valence-corrected chi connectivity index (χ4v) is 3.10. The van der Waals surface area contributed by atoms with E-state index >= 15 is 0 Å². The first-order valence-corrected chi connectivity index (χ1v) is 10.2. The Morgan fingerprint density at radius 1 is 1.07 bits per heavy atom. The third kappa shape index (κ3) is 5.00. The predicted molar refractivity (Wildman–Crippen MR) is 113 cm³/mol. The number of benzene rings is 1. The zero-order chi connectivity index (χ0) is 20.1. The summed E-state index contributed by atoms with van der Waals surface area (Å²) in [7, 11) is 0. The highest BCUT2D eigenvalue weighted by atomic mass is 16.1. The molecule has 150 valence electrons. The molecule has 0 unspecified atom stereocenters. The molecule has 28 heavy (non-hydrogen) atoms. The molecule has 0 bridgehead atoms. The van der Waals surface area contributed by atoms with Crippen molar-refractivity contribution >= 4 is 17.2 Å². The summed E-state index contributed by atoms with van der Waals surface area (Å²) in [6.45, 7) is 8.59. The summed E-state index contributed by atoms with van der Waals surface area (Å²) in [5, 5.41) is 12.1. The van der Waals surface area contributed by atoms with Crippen molar-refractivity contribution < 1.29 is 4.79 Å². The summed E-state index contributed by atoms with van der Waals surface area (Å²) in [6, 6.07) is 9.78. The van der Waals surface area contributed by atoms with Crippen LogP contribution in [0.5, 0.6) is 0 Å². The summed E-state index contributed by atoms with van der Waals surface area (Å²) in [6.07, 6.45) is 6.33. The van der Waals surface area contributed by atoms with Crippen molar-refractivity contribution in [1.29, 1.82) is 0 Å². The van der Waals surface area contributed by atoms with Crippen LogP contribution < -0.4 is 5.32 Å². The van der Waals surface area contributed by atoms with E-state index in [9.17, 15) is 4.79 Å². The lowest BCUT2D eigenvalue weighted by molar-refractivity contribution is -0.116. The molecule has 3 rings (SSSR count). The number of aromatic amines is 1. The Kier molecular flexibility index (Phi) is 6.17. The normalized spacial score (nSPS) is 11.9. The van der Waals surface area contributed by atoms with Crippen LogP contribution in [-0.2, 0) is 10.2 Å². The standard InChI is InChI=1S/C22H31N5O/c1-5-6-7-8-9-10-20(28)23-17-13-11-16(12-14-17)21-24-19-15-18(22(2,3)4)25-27(19)26-21/h11-15H,5-10H2,1-4H3,(H,23,28)(H,24,26). The Bertz CT molecular complexity index is 883. The van der Waals surface area contributed by atoms with E-state index in [1.807, 2.05) is 30.3 Å². The van der Waals surface area contributed by atoms with E-state index in [4.69, 9.17) is 0 Å². The van der Waals surface area contributed by atoms with Crippen LogP contribution >= 0.6 is 0 Å². The van der Waals surface area contributed by atoms with Crippen LogP contribution in [0.3, 0.4) is 0 Å². The first kappa shape index (κ1) is 20.1. The SMILES string of the molecule is CCCCCCCC(=O)Nc1ccc(-c2nn3nc(C(C)(C)C)cc3[nH]2)cc1. The number of nitrogens with one attached hydrogen (secondary N) is 2. The van der Waals surface area contributed by atoms with E-state index in [0.29, 0.717) is 6.42 Å². The third-order valence-corrected chi connectivity index (χ3v) is 4.85. The summed E-state index contributed by atoms with van der Waals surface area (Å²) in [4.78, 5) is 15.4. The minimum Gasteiger partial charge on any atom is -0.326 e. The van der Waals surface area contributed by atoms with Crippen LogP contribution in [0.25, 0.3) is 17.0 Å². The molecule has 6 heteroatoms. The number of rotatable bonds is 8. The van der Waals surface area contributed by atoms with Gasteiger partial charge in [-0.05, 0) is 30.7 Å². The number of aromatic nitrogens is 4. The van der Waals surface area contributed by atoms with Gasteiger partial charge < -0.3 is 10.3 Å². The topological polar surface area (TPSA) is 75.1 Å². The molecular weight excluding hydrogens is 350 g/mol. The van der Waals surface area contributed by atoms with Crippen LogP contribution in [0.15, 0.2) is 30.3 Å². The van der Waals surface area contributed by atoms with Crippen molar-refractivity contribution in [1.82, 2.24) is 19.8 Å². The predicted octanol–water partition coefficient (Wildman–Crippen LogP) is 5.32. The van der Waals surface area contributed by atoms with Crippen LogP contribution in [-0.4, -0.2) is 25.7 Å². The number of nitrogens with zero attached hydrogens (tertiary/aromatic N) is 3. The molecule has 3 aromatic rings. The van der Waals surface area contributed by atoms with Gasteiger partial charge in [0.2, 0.25) is 5.91 Å². The summed E-state index contributed by atoms with van der Waals surface area (Å²) >= 11 is 0. The molecule has 2 aromatic heterocycles. The lowest BCUT2D eigenvalue weighted by Crippen LogP contribution is -2.12. The summed E-state index contributed by atoms with van der Waals surface area (Å²) in [5.74, 6) is 0.840. The average molecular weight is 382 g/mol. The second kappa shape index (κ2) is 8.59. The maximum absolute atomic E-state index is 12.1. The van der Waals surface area contributed by atoms with Crippen molar-refractivity contribution in [3.8, 4) is 11.4 Å². The van der Waals surface area contributed by atoms with Gasteiger partial charge in [-0.25, -0.2) is 0 Å². The van der Waals surface area contributed by atoms with E-state index in [2.05, 4.69) is 48.2 Å². The molecule has 2 N–H and O–H groups in total. The number of amides is 1. The van der Waals surface area contributed by atoms with Gasteiger partial charge in [0.25, 0.3) is 0 Å². The number of unbranched alkanes of at least 4 members (excludes halogenated alkanes) is 4. The van der Waals surface area contributed by atoms with Crippen LogP contribution in [0.2, 0.25) is 0 Å². The number of anilines is 1. The van der Waals surface area contributed by atoms with Gasteiger partial charge >= 0.3 is 0 Å². The molecule has 2 heterocycles. The highest BCUT2D eigenvalue weighted by molar-refractivity contribution is 5.90. The quantitative estimate of drug-likeness (QED) is 0.518. The average Bonchev–Trinajstić information content (AvgIpc) is 3.21. The molecule has 0 spiro atoms. The maximum Gasteiger partial charge on any atom is 0.224 e. The van der Waals surface area contributed by atoms with E-state index in [1.165, 1.54) is 19.3 Å². The van der Waals surface area contributed by atoms with Gasteiger partial charge in [0, 0.05) is 29.2 Å². The molecule has 0 aliphatic heterocycles. The van der Waals surface area contributed by atoms with E-state index in [1.54, 1.807) is 4.63 Å². The molecule has 1 amide bonds. The number of carbonyl (C=O) groups is 1. The fourth-order valence-electron chi connectivity index (χ4n) is 3.10. The van der Waals surface area contributed by atoms with Crippen molar-refractivity contribution in [2.75, 3.05) is 5.32 Å². The molecule has 6 nitrogen and oxygen atoms in total. The van der Waals surface area contributed by atoms with Crippen molar-refractivity contribution in [3.05, 3.63) is 36.0 Å². The second-order valence-electron chi connectivity index (χ2n) is 8.42. The molecule has 0 saturated carbocycles. The molecule has 0 atom stereocenters. The van der Waals surface area contributed by atoms with Gasteiger partial charge in [-0.3, -0.25) is 4.79 Å². The van der Waals surface area contributed by atoms with Gasteiger partial charge in [0.15, 0.2) is 11.5 Å². The molecule has 0 aliphatic carbocycles. The highest BCUT2D eigenvalue weighted by Crippen LogP contribution is 2.24. The van der Waals surface area contributed by atoms with Crippen LogP contribution in [0.4, 0.5) is 5.69 Å². The van der Waals surface area contributed by atoms with Gasteiger partial charge in [-0.1, -0.05) is 53.4 Å². The van der Waals surface area contributed by atoms with Crippen LogP contribution in [0, 0.1) is 0 Å². The molecule has 0 saturated heterocycles. The largest absolute Gasteiger partial charge is 0.326 e. The summed E-state index contributed by atoms with van der Waals surface area (Å²) in [5.41, 5.74) is 3.64. The minimum atomic E-state index is -0.00937. The van der Waals surface area contributed by atoms with Crippen molar-refractivity contribution in [2.24, 2.45) is 0 Å². The minimum absolute atomic E-state index is 0.00937. The zero-order valence-corrected chi connectivity index (χ0v) is 17.4. The molecule has 0 radical (unpaired) electrons. The molecule has 0 fully saturated rings. The van der Waals surface area contributed by atoms with Gasteiger partial charge in [-0.2, -0.15) is 5.10 Å². The van der Waals surface area contributed by atoms with Gasteiger partial charge in [0.05, 0.1) is 5.69 Å². The second-order valence-corrected chi connectivity index (χ2v) is 8.42. The Morgan fingerprint density at radius 2 is 1.79 bits per heavy atom. The number of hydrogen-bond donors (Lipinski definition) is 2. The molecule has 0 aliphatic rings. The first-order valence-electron chi connectivity index (χ1n) is 10.2. The number of H-pyrrole nitrogens is 1. The monoisotopic (exact) mass is 381 g/mol. The number of fused-ring (bicyclic) bond motifs is 1. The zero-order valence-electron chi connectivity index (χ0n) is 17.4. The lowest BCUT2D eigenvalue weighted by Gasteiger charge is -2.13. The van der Waals surface area contributed by atoms with E-state index < -0.39 is 0 Å². The van der Waals surface area contributed by atoms with Crippen molar-refractivity contribution in [2.45, 2.75) is 71.6 Å². The van der Waals surface area contributed by atoms with E-state index in [0.717, 1.165) is 41.3 Å². The summed E-state index contributed by atoms with van der Waals surface area (Å²) < 4.78 is 1.64. The third-order valence-electron chi connectivity index (χ3n) is 4.85. The Hall–Kier alpha value is -2.63. The smallest absolute Gasteiger partial charge is 0.224 e. The Balaban J connectivity index is 1.59. The van der Waals surface area contributed by atoms with E-state index in [-0.39, 0.29) is 11.3 Å². The molecular formula is C22H31N5O. The lowest BCUT2D eigenvalue weighted by atomic mass is 9.93. The number of hydrogen-bond acceptors (Lipinski definition) is 3. The molecule has 1 aromatic carbocycles. The van der Waals surface area contributed by atoms with Gasteiger partial charge in [-0.15, -0.1) is 9.73 Å². The number of carbonyl (C=O) groups excluding carboxylic acids is 1. The maximum atomic E-state index is 12.1. The highest BCUT2D eigenvalue weighted by Gasteiger charge is 2.19. The fraction of sp³-hybridized carbons (Fsp3) is 0.500. The Morgan fingerprint density at radius 3 is 2.43 bits per heavy atom. The van der Waals surface area contributed by atoms with Crippen molar-refractivity contribution in [3.63, 3.8) is 0 Å². The van der Waals surface area contributed by atoms with Crippen LogP contribution in [0.1, 0.15) is 71.9 Å². The first-order chi connectivity index (χ1) is 13.4. The van der Waals surface area contributed by atoms with Gasteiger partial charge in [0.1, 0.15) is 0 Å².